The van der Waals surface area contributed by atoms with Gasteiger partial charge in [0.1, 0.15) is 18.2 Å². The Bertz CT molecular complexity index is 702. The number of aryl methyl sites for hydroxylation is 1. The van der Waals surface area contributed by atoms with Gasteiger partial charge in [0.15, 0.2) is 0 Å². The van der Waals surface area contributed by atoms with Crippen molar-refractivity contribution in [3.8, 4) is 5.75 Å². The molecule has 2 aromatic carbocycles. The molecule has 4 heteroatoms. The Kier molecular flexibility index (Phi) is 5.17. The van der Waals surface area contributed by atoms with Gasteiger partial charge in [0.2, 0.25) is 0 Å². The molecule has 2 aromatic rings. The van der Waals surface area contributed by atoms with Crippen LogP contribution in [0.4, 0.5) is 4.39 Å². The molecule has 0 unspecified atom stereocenters. The van der Waals surface area contributed by atoms with Crippen LogP contribution in [0.15, 0.2) is 42.5 Å². The molecule has 0 saturated heterocycles. The van der Waals surface area contributed by atoms with Crippen LogP contribution in [0, 0.1) is 12.7 Å². The molecule has 0 fully saturated rings. The number of hydrogen-bond donors (Lipinski definition) is 0. The quantitative estimate of drug-likeness (QED) is 0.855. The summed E-state index contributed by atoms with van der Waals surface area (Å²) in [5.41, 5.74) is 3.43. The van der Waals surface area contributed by atoms with Crippen LogP contribution < -0.4 is 4.74 Å². The summed E-state index contributed by atoms with van der Waals surface area (Å²) >= 11 is 0. The summed E-state index contributed by atoms with van der Waals surface area (Å²) in [5.74, 6) is 0.782. The van der Waals surface area contributed by atoms with E-state index in [0.29, 0.717) is 13.2 Å². The first-order valence-corrected chi connectivity index (χ1v) is 8.37. The van der Waals surface area contributed by atoms with E-state index >= 15 is 0 Å². The van der Waals surface area contributed by atoms with Crippen LogP contribution in [-0.4, -0.2) is 43.1 Å². The fourth-order valence-corrected chi connectivity index (χ4v) is 3.26. The summed E-state index contributed by atoms with van der Waals surface area (Å²) in [6, 6.07) is 13.5. The summed E-state index contributed by atoms with van der Waals surface area (Å²) < 4.78 is 19.6. The van der Waals surface area contributed by atoms with Crippen molar-refractivity contribution in [1.29, 1.82) is 0 Å². The molecule has 3 rings (SSSR count). The first-order valence-electron chi connectivity index (χ1n) is 8.37. The Labute approximate surface area is 143 Å². The minimum atomic E-state index is -0.182. The monoisotopic (exact) mass is 328 g/mol. The minimum absolute atomic E-state index is 0.182. The van der Waals surface area contributed by atoms with E-state index in [9.17, 15) is 4.39 Å². The predicted molar refractivity (Wildman–Crippen MR) is 94.7 cm³/mol. The molecule has 0 aliphatic carbocycles. The first kappa shape index (κ1) is 16.9. The molecule has 1 heterocycles. The van der Waals surface area contributed by atoms with Crippen molar-refractivity contribution in [3.05, 3.63) is 65.0 Å². The Balaban J connectivity index is 1.87. The van der Waals surface area contributed by atoms with Crippen LogP contribution >= 0.6 is 0 Å². The SMILES string of the molecule is Cc1ccc2c(c1)CN(Cc1cccc(F)c1)[C@@H](CN(C)C)CO2. The van der Waals surface area contributed by atoms with Crippen molar-refractivity contribution in [3.63, 3.8) is 0 Å². The van der Waals surface area contributed by atoms with Gasteiger partial charge in [0, 0.05) is 25.2 Å². The second-order valence-corrected chi connectivity index (χ2v) is 6.87. The second-order valence-electron chi connectivity index (χ2n) is 6.87. The highest BCUT2D eigenvalue weighted by molar-refractivity contribution is 5.37. The summed E-state index contributed by atoms with van der Waals surface area (Å²) in [6.07, 6.45) is 0. The number of hydrogen-bond acceptors (Lipinski definition) is 3. The fraction of sp³-hybridized carbons (Fsp3) is 0.400. The number of ether oxygens (including phenoxy) is 1. The minimum Gasteiger partial charge on any atom is -0.492 e. The third-order valence-electron chi connectivity index (χ3n) is 4.39. The average molecular weight is 328 g/mol. The van der Waals surface area contributed by atoms with E-state index in [-0.39, 0.29) is 11.9 Å². The Morgan fingerprint density at radius 1 is 1.21 bits per heavy atom. The van der Waals surface area contributed by atoms with Crippen molar-refractivity contribution >= 4 is 0 Å². The maximum absolute atomic E-state index is 13.5. The molecule has 128 valence electrons. The zero-order valence-electron chi connectivity index (χ0n) is 14.6. The van der Waals surface area contributed by atoms with Gasteiger partial charge in [-0.3, -0.25) is 4.90 Å². The number of rotatable bonds is 4. The third-order valence-corrected chi connectivity index (χ3v) is 4.39. The summed E-state index contributed by atoms with van der Waals surface area (Å²) in [5, 5.41) is 0. The molecule has 0 saturated carbocycles. The Hall–Kier alpha value is -1.91. The zero-order chi connectivity index (χ0) is 17.1. The van der Waals surface area contributed by atoms with Gasteiger partial charge in [-0.1, -0.05) is 29.8 Å². The Morgan fingerprint density at radius 2 is 2.04 bits per heavy atom. The zero-order valence-corrected chi connectivity index (χ0v) is 14.6. The Morgan fingerprint density at radius 3 is 2.79 bits per heavy atom. The smallest absolute Gasteiger partial charge is 0.123 e. The number of likely N-dealkylation sites (N-methyl/N-ethyl adjacent to an activating group) is 1. The molecule has 0 bridgehead atoms. The number of fused-ring (bicyclic) bond motifs is 1. The molecule has 1 aliphatic heterocycles. The van der Waals surface area contributed by atoms with Gasteiger partial charge in [-0.15, -0.1) is 0 Å². The molecule has 0 N–H and O–H groups in total. The van der Waals surface area contributed by atoms with Crippen LogP contribution in [0.25, 0.3) is 0 Å². The van der Waals surface area contributed by atoms with E-state index in [1.165, 1.54) is 17.2 Å². The molecular formula is C20H25FN2O. The molecule has 0 amide bonds. The van der Waals surface area contributed by atoms with Crippen molar-refractivity contribution in [2.75, 3.05) is 27.2 Å². The van der Waals surface area contributed by atoms with E-state index in [2.05, 4.69) is 49.0 Å². The summed E-state index contributed by atoms with van der Waals surface area (Å²) in [4.78, 5) is 4.56. The fourth-order valence-electron chi connectivity index (χ4n) is 3.26. The van der Waals surface area contributed by atoms with E-state index in [1.807, 2.05) is 6.07 Å². The third kappa shape index (κ3) is 4.13. The molecular weight excluding hydrogens is 303 g/mol. The molecule has 1 aliphatic rings. The highest BCUT2D eigenvalue weighted by Gasteiger charge is 2.25. The standard InChI is InChI=1S/C20H25FN2O/c1-15-7-8-20-17(9-15)12-23(19(14-24-20)13-22(2)3)11-16-5-4-6-18(21)10-16/h4-10,19H,11-14H2,1-3H3/t19-/m0/s1. The van der Waals surface area contributed by atoms with Crippen molar-refractivity contribution in [2.24, 2.45) is 0 Å². The van der Waals surface area contributed by atoms with Crippen LogP contribution in [0.3, 0.4) is 0 Å². The van der Waals surface area contributed by atoms with Crippen molar-refractivity contribution in [2.45, 2.75) is 26.1 Å². The van der Waals surface area contributed by atoms with Gasteiger partial charge in [0.25, 0.3) is 0 Å². The lowest BCUT2D eigenvalue weighted by Crippen LogP contribution is -2.43. The van der Waals surface area contributed by atoms with Crippen molar-refractivity contribution in [1.82, 2.24) is 9.80 Å². The highest BCUT2D eigenvalue weighted by atomic mass is 19.1. The first-order chi connectivity index (χ1) is 11.5. The lowest BCUT2D eigenvalue weighted by Gasteiger charge is -2.31. The topological polar surface area (TPSA) is 15.7 Å². The molecule has 3 nitrogen and oxygen atoms in total. The molecule has 0 spiro atoms. The largest absolute Gasteiger partial charge is 0.492 e. The van der Waals surface area contributed by atoms with Gasteiger partial charge in [-0.25, -0.2) is 4.39 Å². The summed E-state index contributed by atoms with van der Waals surface area (Å²) in [6.45, 7) is 5.17. The number of halogens is 1. The number of nitrogens with zero attached hydrogens (tertiary/aromatic N) is 2. The van der Waals surface area contributed by atoms with Crippen LogP contribution in [-0.2, 0) is 13.1 Å². The average Bonchev–Trinajstić information content (AvgIpc) is 2.67. The highest BCUT2D eigenvalue weighted by Crippen LogP contribution is 2.27. The maximum atomic E-state index is 13.5. The lowest BCUT2D eigenvalue weighted by molar-refractivity contribution is 0.113. The van der Waals surface area contributed by atoms with E-state index in [4.69, 9.17) is 4.74 Å². The van der Waals surface area contributed by atoms with E-state index < -0.39 is 0 Å². The van der Waals surface area contributed by atoms with Gasteiger partial charge >= 0.3 is 0 Å². The van der Waals surface area contributed by atoms with Gasteiger partial charge in [-0.05, 0) is 44.8 Å². The molecule has 0 radical (unpaired) electrons. The van der Waals surface area contributed by atoms with E-state index in [1.54, 1.807) is 12.1 Å². The lowest BCUT2D eigenvalue weighted by atomic mass is 10.1. The normalized spacial score (nSPS) is 18.1. The van der Waals surface area contributed by atoms with Crippen LogP contribution in [0.1, 0.15) is 16.7 Å². The molecule has 1 atom stereocenters. The predicted octanol–water partition coefficient (Wildman–Crippen LogP) is 3.46. The van der Waals surface area contributed by atoms with Gasteiger partial charge in [-0.2, -0.15) is 0 Å². The number of benzene rings is 2. The summed E-state index contributed by atoms with van der Waals surface area (Å²) in [7, 11) is 4.14. The molecule has 24 heavy (non-hydrogen) atoms. The van der Waals surface area contributed by atoms with Gasteiger partial charge < -0.3 is 9.64 Å². The second kappa shape index (κ2) is 7.32. The van der Waals surface area contributed by atoms with E-state index in [0.717, 1.165) is 24.4 Å². The van der Waals surface area contributed by atoms with Crippen molar-refractivity contribution < 1.29 is 9.13 Å². The van der Waals surface area contributed by atoms with Crippen LogP contribution in [0.2, 0.25) is 0 Å². The van der Waals surface area contributed by atoms with Gasteiger partial charge in [0.05, 0.1) is 6.04 Å². The molecule has 0 aromatic heterocycles. The van der Waals surface area contributed by atoms with Crippen LogP contribution in [0.5, 0.6) is 5.75 Å². The maximum Gasteiger partial charge on any atom is 0.123 e.